The summed E-state index contributed by atoms with van der Waals surface area (Å²) in [7, 11) is 0. The molecule has 6 nitrogen and oxygen atoms in total. The SMILES string of the molecule is CC(C)CC(=O)N(O)NC(=O)CCCCCO. The van der Waals surface area contributed by atoms with Crippen LogP contribution in [-0.2, 0) is 9.59 Å². The Balaban J connectivity index is 3.75. The van der Waals surface area contributed by atoms with Gasteiger partial charge in [0.1, 0.15) is 0 Å². The van der Waals surface area contributed by atoms with Gasteiger partial charge in [0, 0.05) is 19.4 Å². The largest absolute Gasteiger partial charge is 0.396 e. The van der Waals surface area contributed by atoms with Crippen LogP contribution in [0.4, 0.5) is 0 Å². The van der Waals surface area contributed by atoms with E-state index in [-0.39, 0.29) is 30.5 Å². The third-order valence-electron chi connectivity index (χ3n) is 2.11. The van der Waals surface area contributed by atoms with E-state index in [2.05, 4.69) is 5.43 Å². The zero-order valence-electron chi connectivity index (χ0n) is 10.5. The summed E-state index contributed by atoms with van der Waals surface area (Å²) in [6.45, 7) is 3.81. The smallest absolute Gasteiger partial charge is 0.266 e. The first-order valence-electron chi connectivity index (χ1n) is 5.89. The fraction of sp³-hybridized carbons (Fsp3) is 0.818. The lowest BCUT2D eigenvalue weighted by molar-refractivity contribution is -0.185. The number of hydrogen-bond acceptors (Lipinski definition) is 4. The first-order valence-corrected chi connectivity index (χ1v) is 5.89. The molecule has 2 amide bonds. The van der Waals surface area contributed by atoms with Crippen LogP contribution in [0.2, 0.25) is 0 Å². The molecular weight excluding hydrogens is 224 g/mol. The van der Waals surface area contributed by atoms with Gasteiger partial charge in [0.05, 0.1) is 0 Å². The van der Waals surface area contributed by atoms with Crippen LogP contribution in [0.5, 0.6) is 0 Å². The first-order chi connectivity index (χ1) is 7.97. The second kappa shape index (κ2) is 8.95. The molecule has 0 atom stereocenters. The number of nitrogens with zero attached hydrogens (tertiary/aromatic N) is 1. The number of carbonyl (C=O) groups excluding carboxylic acids is 2. The molecule has 0 aliphatic heterocycles. The molecule has 0 radical (unpaired) electrons. The standard InChI is InChI=1S/C11H22N2O4/c1-9(2)8-11(16)13(17)12-10(15)6-4-3-5-7-14/h9,14,17H,3-8H2,1-2H3,(H,12,15). The summed E-state index contributed by atoms with van der Waals surface area (Å²) in [5.41, 5.74) is 2.10. The summed E-state index contributed by atoms with van der Waals surface area (Å²) >= 11 is 0. The maximum absolute atomic E-state index is 11.3. The molecule has 0 aromatic heterocycles. The van der Waals surface area contributed by atoms with Crippen molar-refractivity contribution in [1.82, 2.24) is 10.6 Å². The number of hydrogen-bond donors (Lipinski definition) is 3. The van der Waals surface area contributed by atoms with E-state index in [1.54, 1.807) is 0 Å². The Morgan fingerprint density at radius 3 is 2.41 bits per heavy atom. The van der Waals surface area contributed by atoms with Crippen molar-refractivity contribution in [2.45, 2.75) is 46.0 Å². The molecular formula is C11H22N2O4. The van der Waals surface area contributed by atoms with E-state index in [0.717, 1.165) is 6.42 Å². The maximum Gasteiger partial charge on any atom is 0.266 e. The van der Waals surface area contributed by atoms with Gasteiger partial charge in [0.2, 0.25) is 5.91 Å². The van der Waals surface area contributed by atoms with Crippen molar-refractivity contribution in [3.05, 3.63) is 0 Å². The van der Waals surface area contributed by atoms with Gasteiger partial charge in [0.25, 0.3) is 5.91 Å². The van der Waals surface area contributed by atoms with Crippen molar-refractivity contribution < 1.29 is 19.9 Å². The van der Waals surface area contributed by atoms with E-state index in [1.807, 2.05) is 13.8 Å². The highest BCUT2D eigenvalue weighted by molar-refractivity contribution is 5.81. The molecule has 0 heterocycles. The Morgan fingerprint density at radius 1 is 1.24 bits per heavy atom. The molecule has 0 saturated heterocycles. The highest BCUT2D eigenvalue weighted by Crippen LogP contribution is 2.02. The Bertz CT molecular complexity index is 244. The zero-order chi connectivity index (χ0) is 13.3. The van der Waals surface area contributed by atoms with E-state index in [0.29, 0.717) is 12.8 Å². The van der Waals surface area contributed by atoms with Crippen LogP contribution in [0.15, 0.2) is 0 Å². The average molecular weight is 246 g/mol. The summed E-state index contributed by atoms with van der Waals surface area (Å²) in [5.74, 6) is -0.801. The van der Waals surface area contributed by atoms with Gasteiger partial charge in [-0.25, -0.2) is 5.43 Å². The number of unbranched alkanes of at least 4 members (excludes halogenated alkanes) is 2. The lowest BCUT2D eigenvalue weighted by Crippen LogP contribution is -2.44. The Morgan fingerprint density at radius 2 is 1.88 bits per heavy atom. The van der Waals surface area contributed by atoms with E-state index in [1.165, 1.54) is 0 Å². The van der Waals surface area contributed by atoms with E-state index < -0.39 is 11.8 Å². The number of hydrazine groups is 1. The van der Waals surface area contributed by atoms with Crippen molar-refractivity contribution in [2.24, 2.45) is 5.92 Å². The van der Waals surface area contributed by atoms with Gasteiger partial charge in [0.15, 0.2) is 0 Å². The fourth-order valence-corrected chi connectivity index (χ4v) is 1.25. The number of amides is 2. The van der Waals surface area contributed by atoms with Crippen molar-refractivity contribution >= 4 is 11.8 Å². The first kappa shape index (κ1) is 15.9. The van der Waals surface area contributed by atoms with Gasteiger partial charge in [-0.05, 0) is 18.8 Å². The average Bonchev–Trinajstić information content (AvgIpc) is 2.23. The molecule has 17 heavy (non-hydrogen) atoms. The second-order valence-electron chi connectivity index (χ2n) is 4.37. The number of aliphatic hydroxyl groups excluding tert-OH is 1. The third kappa shape index (κ3) is 8.65. The molecule has 0 rings (SSSR count). The topological polar surface area (TPSA) is 89.9 Å². The Labute approximate surface area is 102 Å². The number of nitrogens with one attached hydrogen (secondary N) is 1. The molecule has 0 spiro atoms. The highest BCUT2D eigenvalue weighted by atomic mass is 16.6. The third-order valence-corrected chi connectivity index (χ3v) is 2.11. The number of aliphatic hydroxyl groups is 1. The van der Waals surface area contributed by atoms with Crippen molar-refractivity contribution in [2.75, 3.05) is 6.61 Å². The normalized spacial score (nSPS) is 10.4. The predicted octanol–water partition coefficient (Wildman–Crippen LogP) is 0.834. The maximum atomic E-state index is 11.3. The van der Waals surface area contributed by atoms with Gasteiger partial charge in [-0.1, -0.05) is 20.3 Å². The lowest BCUT2D eigenvalue weighted by Gasteiger charge is -2.16. The Hall–Kier alpha value is -1.14. The summed E-state index contributed by atoms with van der Waals surface area (Å²) in [4.78, 5) is 22.6. The van der Waals surface area contributed by atoms with Crippen LogP contribution in [-0.4, -0.2) is 33.9 Å². The molecule has 0 aliphatic rings. The molecule has 0 bridgehead atoms. The van der Waals surface area contributed by atoms with Crippen LogP contribution in [0.1, 0.15) is 46.0 Å². The van der Waals surface area contributed by atoms with Crippen LogP contribution in [0.25, 0.3) is 0 Å². The number of hydroxylamine groups is 1. The molecule has 100 valence electrons. The molecule has 6 heteroatoms. The van der Waals surface area contributed by atoms with Crippen molar-refractivity contribution in [1.29, 1.82) is 0 Å². The number of carbonyl (C=O) groups is 2. The van der Waals surface area contributed by atoms with E-state index in [9.17, 15) is 14.8 Å². The fourth-order valence-electron chi connectivity index (χ4n) is 1.25. The molecule has 0 aromatic rings. The van der Waals surface area contributed by atoms with Gasteiger partial charge in [-0.2, -0.15) is 0 Å². The second-order valence-corrected chi connectivity index (χ2v) is 4.37. The molecule has 0 fully saturated rings. The quantitative estimate of drug-likeness (QED) is 0.352. The van der Waals surface area contributed by atoms with Crippen LogP contribution >= 0.6 is 0 Å². The van der Waals surface area contributed by atoms with E-state index >= 15 is 0 Å². The molecule has 0 aliphatic carbocycles. The highest BCUT2D eigenvalue weighted by Gasteiger charge is 2.14. The van der Waals surface area contributed by atoms with Gasteiger partial charge in [-0.3, -0.25) is 14.8 Å². The minimum atomic E-state index is -0.524. The van der Waals surface area contributed by atoms with Crippen LogP contribution in [0, 0.1) is 5.92 Å². The minimum absolute atomic E-state index is 0.112. The Kier molecular flexibility index (Phi) is 8.35. The van der Waals surface area contributed by atoms with Crippen LogP contribution in [0.3, 0.4) is 0 Å². The minimum Gasteiger partial charge on any atom is -0.396 e. The van der Waals surface area contributed by atoms with Crippen molar-refractivity contribution in [3.8, 4) is 0 Å². The molecule has 0 aromatic carbocycles. The molecule has 0 unspecified atom stereocenters. The van der Waals surface area contributed by atoms with Gasteiger partial charge in [-0.15, -0.1) is 5.17 Å². The summed E-state index contributed by atoms with van der Waals surface area (Å²) in [6.07, 6.45) is 2.43. The number of rotatable bonds is 7. The zero-order valence-corrected chi connectivity index (χ0v) is 10.5. The molecule has 0 saturated carbocycles. The van der Waals surface area contributed by atoms with Gasteiger partial charge >= 0.3 is 0 Å². The molecule has 3 N–H and O–H groups in total. The lowest BCUT2D eigenvalue weighted by atomic mass is 10.1. The van der Waals surface area contributed by atoms with Gasteiger partial charge < -0.3 is 5.11 Å². The van der Waals surface area contributed by atoms with E-state index in [4.69, 9.17) is 5.11 Å². The monoisotopic (exact) mass is 246 g/mol. The summed E-state index contributed by atoms with van der Waals surface area (Å²) in [6, 6.07) is 0. The summed E-state index contributed by atoms with van der Waals surface area (Å²) in [5, 5.41) is 18.0. The van der Waals surface area contributed by atoms with Crippen LogP contribution < -0.4 is 5.43 Å². The van der Waals surface area contributed by atoms with Crippen molar-refractivity contribution in [3.63, 3.8) is 0 Å². The summed E-state index contributed by atoms with van der Waals surface area (Å²) < 4.78 is 0. The predicted molar refractivity (Wildman–Crippen MR) is 61.8 cm³/mol.